The quantitative estimate of drug-likeness (QED) is 0.189. The highest BCUT2D eigenvalue weighted by molar-refractivity contribution is 5.87. The number of rotatable bonds is 3. The summed E-state index contributed by atoms with van der Waals surface area (Å²) in [5.41, 5.74) is -0.211. The van der Waals surface area contributed by atoms with Crippen LogP contribution in [0.1, 0.15) is 6.92 Å². The summed E-state index contributed by atoms with van der Waals surface area (Å²) in [5, 5.41) is 42.0. The second kappa shape index (κ2) is 3.40. The second-order valence-corrected chi connectivity index (χ2v) is 2.41. The lowest BCUT2D eigenvalue weighted by molar-refractivity contribution is -0.509. The van der Waals surface area contributed by atoms with E-state index < -0.39 is 17.9 Å². The van der Waals surface area contributed by atoms with Crippen molar-refractivity contribution < 1.29 is 35.1 Å². The fourth-order valence-electron chi connectivity index (χ4n) is 0.285. The minimum atomic E-state index is -3.96. The van der Waals surface area contributed by atoms with E-state index in [1.54, 1.807) is 0 Å². The van der Waals surface area contributed by atoms with E-state index in [4.69, 9.17) is 25.5 Å². The van der Waals surface area contributed by atoms with E-state index in [0.717, 1.165) is 0 Å². The van der Waals surface area contributed by atoms with Gasteiger partial charge >= 0.3 is 17.9 Å². The summed E-state index contributed by atoms with van der Waals surface area (Å²) >= 11 is 0. The molecule has 0 aromatic carbocycles. The molecule has 7 nitrogen and oxygen atoms in total. The minimum Gasteiger partial charge on any atom is -0.398 e. The molecule has 5 N–H and O–H groups in total. The Kier molecular flexibility index (Phi) is 3.14. The first-order valence-electron chi connectivity index (χ1n) is 3.08. The monoisotopic (exact) mass is 194 g/mol. The van der Waals surface area contributed by atoms with Crippen LogP contribution in [-0.2, 0) is 9.53 Å². The maximum absolute atomic E-state index is 10.6. The van der Waals surface area contributed by atoms with Crippen LogP contribution in [0.5, 0.6) is 0 Å². The summed E-state index contributed by atoms with van der Waals surface area (Å²) < 4.78 is 3.69. The molecular formula is C6H10O7. The molecule has 0 aromatic heterocycles. The summed E-state index contributed by atoms with van der Waals surface area (Å²) in [4.78, 5) is 10.6. The average Bonchev–Trinajstić information content (AvgIpc) is 1.83. The largest absolute Gasteiger partial charge is 0.411 e. The Morgan fingerprint density at radius 3 is 1.85 bits per heavy atom. The zero-order valence-corrected chi connectivity index (χ0v) is 6.76. The number of ether oxygens (including phenoxy) is 1. The molecule has 0 rings (SSSR count). The van der Waals surface area contributed by atoms with E-state index in [1.165, 1.54) is 6.92 Å². The van der Waals surface area contributed by atoms with Gasteiger partial charge < -0.3 is 30.3 Å². The first-order chi connectivity index (χ1) is 5.58. The fourth-order valence-corrected chi connectivity index (χ4v) is 0.285. The van der Waals surface area contributed by atoms with Crippen molar-refractivity contribution in [1.82, 2.24) is 0 Å². The first-order valence-corrected chi connectivity index (χ1v) is 3.08. The van der Waals surface area contributed by atoms with Crippen LogP contribution in [0.3, 0.4) is 0 Å². The third-order valence-corrected chi connectivity index (χ3v) is 1.02. The van der Waals surface area contributed by atoms with Crippen LogP contribution in [0.15, 0.2) is 12.2 Å². The molecule has 0 saturated heterocycles. The summed E-state index contributed by atoms with van der Waals surface area (Å²) in [5.74, 6) is -9.06. The van der Waals surface area contributed by atoms with Crippen molar-refractivity contribution in [3.05, 3.63) is 12.2 Å². The number of hydrogen-bond acceptors (Lipinski definition) is 7. The van der Waals surface area contributed by atoms with Gasteiger partial charge in [0.2, 0.25) is 0 Å². The Hall–Kier alpha value is -0.990. The summed E-state index contributed by atoms with van der Waals surface area (Å²) in [6.45, 7) is 4.27. The van der Waals surface area contributed by atoms with Gasteiger partial charge in [-0.25, -0.2) is 4.79 Å². The SMILES string of the molecule is C=C(C)C(=O)OC(O)(O)C(O)(O)O. The highest BCUT2D eigenvalue weighted by Gasteiger charge is 2.51. The average molecular weight is 194 g/mol. The van der Waals surface area contributed by atoms with Gasteiger partial charge in [0.25, 0.3) is 0 Å². The second-order valence-electron chi connectivity index (χ2n) is 2.41. The smallest absolute Gasteiger partial charge is 0.398 e. The molecule has 0 radical (unpaired) electrons. The fraction of sp³-hybridized carbons (Fsp3) is 0.500. The molecule has 0 unspecified atom stereocenters. The van der Waals surface area contributed by atoms with Crippen LogP contribution in [0, 0.1) is 0 Å². The minimum absolute atomic E-state index is 0.211. The van der Waals surface area contributed by atoms with Gasteiger partial charge in [0, 0.05) is 5.57 Å². The lowest BCUT2D eigenvalue weighted by Gasteiger charge is -2.28. The maximum atomic E-state index is 10.6. The molecule has 0 saturated carbocycles. The Morgan fingerprint density at radius 1 is 1.23 bits per heavy atom. The molecule has 0 aliphatic carbocycles. The van der Waals surface area contributed by atoms with Crippen molar-refractivity contribution in [1.29, 1.82) is 0 Å². The standard InChI is InChI=1S/C6H10O7/c1-3(2)4(7)13-6(11,12)5(8,9)10/h8-12H,1H2,2H3. The van der Waals surface area contributed by atoms with Crippen molar-refractivity contribution in [2.24, 2.45) is 0 Å². The zero-order chi connectivity index (χ0) is 10.9. The van der Waals surface area contributed by atoms with E-state index in [0.29, 0.717) is 0 Å². The normalized spacial score (nSPS) is 12.5. The van der Waals surface area contributed by atoms with Crippen molar-refractivity contribution in [2.75, 3.05) is 0 Å². The highest BCUT2D eigenvalue weighted by Crippen LogP contribution is 2.16. The van der Waals surface area contributed by atoms with Crippen LogP contribution in [-0.4, -0.2) is 43.4 Å². The predicted octanol–water partition coefficient (Wildman–Crippen LogP) is -2.63. The van der Waals surface area contributed by atoms with E-state index in [-0.39, 0.29) is 5.57 Å². The molecule has 76 valence electrons. The molecule has 0 atom stereocenters. The molecule has 0 bridgehead atoms. The number of carbonyl (C=O) groups is 1. The molecule has 0 amide bonds. The lowest BCUT2D eigenvalue weighted by atomic mass is 10.3. The number of carbonyl (C=O) groups excluding carboxylic acids is 1. The topological polar surface area (TPSA) is 127 Å². The summed E-state index contributed by atoms with van der Waals surface area (Å²) in [6, 6.07) is 0. The zero-order valence-electron chi connectivity index (χ0n) is 6.76. The Balaban J connectivity index is 4.53. The first kappa shape index (κ1) is 12.0. The van der Waals surface area contributed by atoms with Gasteiger partial charge in [-0.15, -0.1) is 0 Å². The maximum Gasteiger partial charge on any atom is 0.411 e. The van der Waals surface area contributed by atoms with Gasteiger partial charge in [-0.05, 0) is 6.92 Å². The molecule has 13 heavy (non-hydrogen) atoms. The van der Waals surface area contributed by atoms with Gasteiger partial charge in [-0.2, -0.15) is 0 Å². The summed E-state index contributed by atoms with van der Waals surface area (Å²) in [6.07, 6.45) is 0. The van der Waals surface area contributed by atoms with E-state index >= 15 is 0 Å². The molecule has 0 aliphatic rings. The molecule has 0 aliphatic heterocycles. The van der Waals surface area contributed by atoms with Gasteiger partial charge in [0.15, 0.2) is 0 Å². The van der Waals surface area contributed by atoms with Crippen LogP contribution >= 0.6 is 0 Å². The molecule has 0 aromatic rings. The highest BCUT2D eigenvalue weighted by atomic mass is 16.8. The van der Waals surface area contributed by atoms with Crippen molar-refractivity contribution in [3.8, 4) is 0 Å². The van der Waals surface area contributed by atoms with Gasteiger partial charge in [0.1, 0.15) is 0 Å². The Bertz CT molecular complexity index is 224. The number of aliphatic hydroxyl groups is 5. The molecule has 0 heterocycles. The predicted molar refractivity (Wildman–Crippen MR) is 37.5 cm³/mol. The van der Waals surface area contributed by atoms with Crippen LogP contribution in [0.4, 0.5) is 0 Å². The van der Waals surface area contributed by atoms with Gasteiger partial charge in [-0.3, -0.25) is 0 Å². The van der Waals surface area contributed by atoms with Gasteiger partial charge in [0.05, 0.1) is 0 Å². The number of hydrogen-bond donors (Lipinski definition) is 5. The van der Waals surface area contributed by atoms with Crippen LogP contribution < -0.4 is 0 Å². The van der Waals surface area contributed by atoms with Crippen molar-refractivity contribution in [3.63, 3.8) is 0 Å². The van der Waals surface area contributed by atoms with Gasteiger partial charge in [-0.1, -0.05) is 6.58 Å². The van der Waals surface area contributed by atoms with Crippen LogP contribution in [0.25, 0.3) is 0 Å². The van der Waals surface area contributed by atoms with Crippen LogP contribution in [0.2, 0.25) is 0 Å². The Labute approximate surface area is 73.1 Å². The van der Waals surface area contributed by atoms with E-state index in [2.05, 4.69) is 11.3 Å². The Morgan fingerprint density at radius 2 is 1.62 bits per heavy atom. The molecular weight excluding hydrogens is 184 g/mol. The van der Waals surface area contributed by atoms with E-state index in [1.807, 2.05) is 0 Å². The summed E-state index contributed by atoms with van der Waals surface area (Å²) in [7, 11) is 0. The van der Waals surface area contributed by atoms with Crippen molar-refractivity contribution >= 4 is 5.97 Å². The molecule has 0 fully saturated rings. The number of esters is 1. The van der Waals surface area contributed by atoms with E-state index in [9.17, 15) is 4.79 Å². The lowest BCUT2D eigenvalue weighted by Crippen LogP contribution is -2.57. The van der Waals surface area contributed by atoms with Crippen molar-refractivity contribution in [2.45, 2.75) is 18.9 Å². The molecule has 0 spiro atoms. The third kappa shape index (κ3) is 3.09. The third-order valence-electron chi connectivity index (χ3n) is 1.02. The molecule has 7 heteroatoms.